The molecule has 2 heterocycles. The van der Waals surface area contributed by atoms with Gasteiger partial charge in [0.25, 0.3) is 0 Å². The Kier molecular flexibility index (Phi) is 4.30. The zero-order chi connectivity index (χ0) is 17.3. The summed E-state index contributed by atoms with van der Waals surface area (Å²) in [6.07, 6.45) is 4.00. The third kappa shape index (κ3) is 2.76. The van der Waals surface area contributed by atoms with Crippen LogP contribution >= 0.6 is 11.8 Å². The third-order valence-corrected chi connectivity index (χ3v) is 4.44. The topological polar surface area (TPSA) is 120 Å². The lowest BCUT2D eigenvalue weighted by atomic mass is 10.0. The van der Waals surface area contributed by atoms with Gasteiger partial charge in [-0.05, 0) is 24.0 Å². The van der Waals surface area contributed by atoms with Gasteiger partial charge in [0.05, 0.1) is 7.11 Å². The number of nitrogen functional groups attached to an aromatic ring is 2. The molecule has 24 heavy (non-hydrogen) atoms. The summed E-state index contributed by atoms with van der Waals surface area (Å²) in [4.78, 5) is 12.5. The van der Waals surface area contributed by atoms with Crippen LogP contribution in [-0.2, 0) is 6.42 Å². The van der Waals surface area contributed by atoms with Crippen LogP contribution in [0.15, 0.2) is 29.4 Å². The lowest BCUT2D eigenvalue weighted by molar-refractivity contribution is 0.375. The van der Waals surface area contributed by atoms with Crippen LogP contribution in [0.2, 0.25) is 0 Å². The van der Waals surface area contributed by atoms with Crippen LogP contribution in [0.1, 0.15) is 11.1 Å². The first-order valence-corrected chi connectivity index (χ1v) is 8.37. The van der Waals surface area contributed by atoms with Crippen LogP contribution < -0.4 is 16.2 Å². The number of aromatic nitrogens is 3. The molecular formula is C16H17N5O2S. The van der Waals surface area contributed by atoms with Gasteiger partial charge in [0.15, 0.2) is 11.5 Å². The molecule has 1 aromatic carbocycles. The number of methoxy groups -OCH3 is 1. The molecule has 0 bridgehead atoms. The predicted molar refractivity (Wildman–Crippen MR) is 95.4 cm³/mol. The average molecular weight is 343 g/mol. The number of phenols is 1. The molecule has 0 amide bonds. The van der Waals surface area contributed by atoms with Crippen molar-refractivity contribution in [2.75, 3.05) is 24.8 Å². The van der Waals surface area contributed by atoms with E-state index in [9.17, 15) is 5.11 Å². The van der Waals surface area contributed by atoms with Gasteiger partial charge >= 0.3 is 0 Å². The van der Waals surface area contributed by atoms with E-state index in [-0.39, 0.29) is 11.7 Å². The van der Waals surface area contributed by atoms with Gasteiger partial charge in [-0.1, -0.05) is 6.07 Å². The van der Waals surface area contributed by atoms with E-state index in [1.807, 2.05) is 18.4 Å². The largest absolute Gasteiger partial charge is 0.503 e. The zero-order valence-corrected chi connectivity index (χ0v) is 14.1. The highest BCUT2D eigenvalue weighted by Gasteiger charge is 2.17. The molecule has 8 heteroatoms. The summed E-state index contributed by atoms with van der Waals surface area (Å²) in [6, 6.07) is 5.49. The van der Waals surface area contributed by atoms with E-state index in [4.69, 9.17) is 16.2 Å². The summed E-state index contributed by atoms with van der Waals surface area (Å²) in [5, 5.41) is 11.8. The maximum absolute atomic E-state index is 10.3. The van der Waals surface area contributed by atoms with E-state index < -0.39 is 0 Å². The number of nitrogens with two attached hydrogens (primary N) is 2. The van der Waals surface area contributed by atoms with Crippen molar-refractivity contribution in [3.05, 3.63) is 35.5 Å². The van der Waals surface area contributed by atoms with Crippen molar-refractivity contribution < 1.29 is 9.84 Å². The average Bonchev–Trinajstić information content (AvgIpc) is 2.59. The number of nitrogens with zero attached hydrogens (tertiary/aromatic N) is 3. The molecule has 5 N–H and O–H groups in total. The molecule has 3 rings (SSSR count). The number of hydrogen-bond donors (Lipinski definition) is 3. The lowest BCUT2D eigenvalue weighted by Gasteiger charge is -2.14. The van der Waals surface area contributed by atoms with Crippen LogP contribution in [-0.4, -0.2) is 33.4 Å². The fourth-order valence-corrected chi connectivity index (χ4v) is 3.21. The van der Waals surface area contributed by atoms with Gasteiger partial charge in [0.2, 0.25) is 5.95 Å². The SMILES string of the molecule is COc1cc(Cc2c(N)nc(N)nc2SC)c2cccnc2c1O. The Morgan fingerprint density at radius 3 is 2.79 bits per heavy atom. The van der Waals surface area contributed by atoms with Gasteiger partial charge in [-0.25, -0.2) is 4.98 Å². The van der Waals surface area contributed by atoms with Crippen LogP contribution in [0.5, 0.6) is 11.5 Å². The van der Waals surface area contributed by atoms with E-state index in [1.54, 1.807) is 12.3 Å². The molecular weight excluding hydrogens is 326 g/mol. The maximum atomic E-state index is 10.3. The Morgan fingerprint density at radius 1 is 1.29 bits per heavy atom. The van der Waals surface area contributed by atoms with Crippen LogP contribution in [0.25, 0.3) is 10.9 Å². The molecule has 7 nitrogen and oxygen atoms in total. The Bertz CT molecular complexity index is 917. The number of thioether (sulfide) groups is 1. The Morgan fingerprint density at radius 2 is 2.08 bits per heavy atom. The van der Waals surface area contributed by atoms with Crippen molar-refractivity contribution in [3.8, 4) is 11.5 Å². The van der Waals surface area contributed by atoms with Gasteiger partial charge < -0.3 is 21.3 Å². The van der Waals surface area contributed by atoms with Crippen LogP contribution in [0, 0.1) is 0 Å². The summed E-state index contributed by atoms with van der Waals surface area (Å²) in [7, 11) is 1.50. The second-order valence-electron chi connectivity index (χ2n) is 5.12. The molecule has 0 saturated heterocycles. The van der Waals surface area contributed by atoms with Crippen molar-refractivity contribution in [2.24, 2.45) is 0 Å². The van der Waals surface area contributed by atoms with E-state index >= 15 is 0 Å². The fraction of sp³-hybridized carbons (Fsp3) is 0.188. The summed E-state index contributed by atoms with van der Waals surface area (Å²) in [5.41, 5.74) is 13.9. The molecule has 0 atom stereocenters. The normalized spacial score (nSPS) is 10.9. The van der Waals surface area contributed by atoms with Gasteiger partial charge in [0, 0.05) is 23.6 Å². The highest BCUT2D eigenvalue weighted by molar-refractivity contribution is 7.98. The molecule has 0 saturated carbocycles. The quantitative estimate of drug-likeness (QED) is 0.487. The number of phenolic OH excluding ortho intramolecular Hbond substituents is 1. The number of anilines is 2. The summed E-state index contributed by atoms with van der Waals surface area (Å²) >= 11 is 1.45. The van der Waals surface area contributed by atoms with Crippen LogP contribution in [0.3, 0.4) is 0 Å². The smallest absolute Gasteiger partial charge is 0.223 e. The number of fused-ring (bicyclic) bond motifs is 1. The molecule has 0 aliphatic carbocycles. The van der Waals surface area contributed by atoms with Crippen molar-refractivity contribution in [1.82, 2.24) is 15.0 Å². The number of benzene rings is 1. The van der Waals surface area contributed by atoms with Crippen molar-refractivity contribution in [3.63, 3.8) is 0 Å². The van der Waals surface area contributed by atoms with Gasteiger partial charge in [-0.2, -0.15) is 4.98 Å². The first-order valence-electron chi connectivity index (χ1n) is 7.14. The Hall–Kier alpha value is -2.74. The first-order chi connectivity index (χ1) is 11.5. The van der Waals surface area contributed by atoms with Gasteiger partial charge in [-0.15, -0.1) is 11.8 Å². The number of aromatic hydroxyl groups is 1. The van der Waals surface area contributed by atoms with Crippen molar-refractivity contribution in [2.45, 2.75) is 11.4 Å². The molecule has 2 aromatic heterocycles. The highest BCUT2D eigenvalue weighted by atomic mass is 32.2. The van der Waals surface area contributed by atoms with Crippen molar-refractivity contribution in [1.29, 1.82) is 0 Å². The van der Waals surface area contributed by atoms with E-state index in [0.717, 1.165) is 21.5 Å². The van der Waals surface area contributed by atoms with E-state index in [2.05, 4.69) is 15.0 Å². The fourth-order valence-electron chi connectivity index (χ4n) is 2.60. The van der Waals surface area contributed by atoms with Crippen molar-refractivity contribution >= 4 is 34.4 Å². The highest BCUT2D eigenvalue weighted by Crippen LogP contribution is 2.37. The van der Waals surface area contributed by atoms with E-state index in [0.29, 0.717) is 23.5 Å². The Labute approximate surface area is 143 Å². The first kappa shape index (κ1) is 16.1. The molecule has 124 valence electrons. The predicted octanol–water partition coefficient (Wildman–Crippen LogP) is 2.22. The monoisotopic (exact) mass is 343 g/mol. The zero-order valence-electron chi connectivity index (χ0n) is 13.3. The molecule has 0 unspecified atom stereocenters. The van der Waals surface area contributed by atoms with Gasteiger partial charge in [0.1, 0.15) is 16.4 Å². The number of hydrogen-bond acceptors (Lipinski definition) is 8. The third-order valence-electron chi connectivity index (χ3n) is 3.72. The number of pyridine rings is 1. The molecule has 0 spiro atoms. The second kappa shape index (κ2) is 6.40. The second-order valence-corrected chi connectivity index (χ2v) is 5.91. The lowest BCUT2D eigenvalue weighted by Crippen LogP contribution is -2.07. The maximum Gasteiger partial charge on any atom is 0.223 e. The van der Waals surface area contributed by atoms with Crippen LogP contribution in [0.4, 0.5) is 11.8 Å². The molecule has 0 fully saturated rings. The minimum atomic E-state index is 0.0171. The Balaban J connectivity index is 2.20. The number of rotatable bonds is 4. The summed E-state index contributed by atoms with van der Waals surface area (Å²) in [6.45, 7) is 0. The number of ether oxygens (including phenoxy) is 1. The summed E-state index contributed by atoms with van der Waals surface area (Å²) < 4.78 is 5.26. The minimum absolute atomic E-state index is 0.0171. The molecule has 0 radical (unpaired) electrons. The minimum Gasteiger partial charge on any atom is -0.503 e. The summed E-state index contributed by atoms with van der Waals surface area (Å²) in [5.74, 6) is 0.867. The molecule has 0 aliphatic heterocycles. The molecule has 3 aromatic rings. The standard InChI is InChI=1S/C16H17N5O2S/c1-23-11-7-8(9-4-3-5-19-12(9)13(11)22)6-10-14(17)20-16(18)21-15(10)24-2/h3-5,7,22H,6H2,1-2H3,(H4,17,18,20,21). The van der Waals surface area contributed by atoms with E-state index in [1.165, 1.54) is 18.9 Å². The molecule has 0 aliphatic rings. The van der Waals surface area contributed by atoms with Gasteiger partial charge in [-0.3, -0.25) is 4.98 Å².